The van der Waals surface area contributed by atoms with Gasteiger partial charge in [0.25, 0.3) is 0 Å². The van der Waals surface area contributed by atoms with Gasteiger partial charge in [0.15, 0.2) is 0 Å². The standard InChI is InChI=1S/C12H15BrN2O2S/c1-14-7-11-6-10(14)8-15(11)18(16,17)12-4-2-9(13)3-5-12/h2-5,10-11H,6-8H2,1H3/t10-,11-/m0/s1. The summed E-state index contributed by atoms with van der Waals surface area (Å²) in [6.45, 7) is 1.47. The summed E-state index contributed by atoms with van der Waals surface area (Å²) < 4.78 is 27.6. The molecular weight excluding hydrogens is 316 g/mol. The van der Waals surface area contributed by atoms with Crippen LogP contribution in [0.4, 0.5) is 0 Å². The number of hydrogen-bond donors (Lipinski definition) is 0. The summed E-state index contributed by atoms with van der Waals surface area (Å²) in [4.78, 5) is 2.64. The summed E-state index contributed by atoms with van der Waals surface area (Å²) in [7, 11) is -1.26. The van der Waals surface area contributed by atoms with E-state index >= 15 is 0 Å². The normalized spacial score (nSPS) is 29.0. The average molecular weight is 331 g/mol. The van der Waals surface area contributed by atoms with E-state index in [1.54, 1.807) is 28.6 Å². The molecule has 2 saturated heterocycles. The summed E-state index contributed by atoms with van der Waals surface area (Å²) >= 11 is 3.32. The Labute approximate surface area is 116 Å². The van der Waals surface area contributed by atoms with Gasteiger partial charge < -0.3 is 4.90 Å². The second kappa shape index (κ2) is 4.30. The topological polar surface area (TPSA) is 40.6 Å². The third-order valence-electron chi connectivity index (χ3n) is 3.88. The van der Waals surface area contributed by atoms with Crippen LogP contribution in [0.15, 0.2) is 33.6 Å². The summed E-state index contributed by atoms with van der Waals surface area (Å²) in [6, 6.07) is 7.40. The molecule has 0 aliphatic carbocycles. The van der Waals surface area contributed by atoms with Crippen molar-refractivity contribution in [1.29, 1.82) is 0 Å². The van der Waals surface area contributed by atoms with Gasteiger partial charge in [-0.2, -0.15) is 4.31 Å². The third-order valence-corrected chi connectivity index (χ3v) is 6.35. The molecule has 98 valence electrons. The summed E-state index contributed by atoms with van der Waals surface area (Å²) in [5.74, 6) is 0. The van der Waals surface area contributed by atoms with Crippen molar-refractivity contribution in [3.63, 3.8) is 0 Å². The second-order valence-corrected chi connectivity index (χ2v) is 7.82. The highest BCUT2D eigenvalue weighted by Crippen LogP contribution is 2.34. The molecule has 1 aromatic rings. The largest absolute Gasteiger partial charge is 0.300 e. The molecule has 2 aliphatic heterocycles. The van der Waals surface area contributed by atoms with Crippen molar-refractivity contribution < 1.29 is 8.42 Å². The first-order valence-corrected chi connectivity index (χ1v) is 8.19. The van der Waals surface area contributed by atoms with Gasteiger partial charge in [-0.1, -0.05) is 15.9 Å². The molecule has 2 bridgehead atoms. The minimum Gasteiger partial charge on any atom is -0.300 e. The molecule has 2 heterocycles. The van der Waals surface area contributed by atoms with E-state index in [1.807, 2.05) is 0 Å². The summed E-state index contributed by atoms with van der Waals surface area (Å²) in [5, 5.41) is 0. The number of piperazine rings is 1. The Hall–Kier alpha value is -0.430. The first-order valence-electron chi connectivity index (χ1n) is 5.96. The Bertz CT molecular complexity index is 556. The van der Waals surface area contributed by atoms with Gasteiger partial charge in [-0.05, 0) is 37.7 Å². The predicted octanol–water partition coefficient (Wildman–Crippen LogP) is 1.53. The molecule has 3 rings (SSSR count). The monoisotopic (exact) mass is 330 g/mol. The Kier molecular flexibility index (Phi) is 3.01. The molecule has 0 radical (unpaired) electrons. The molecule has 1 aromatic carbocycles. The number of sulfonamides is 1. The number of likely N-dealkylation sites (N-methyl/N-ethyl adjacent to an activating group) is 1. The fourth-order valence-electron chi connectivity index (χ4n) is 2.87. The zero-order chi connectivity index (χ0) is 12.9. The van der Waals surface area contributed by atoms with Crippen LogP contribution in [0.3, 0.4) is 0 Å². The van der Waals surface area contributed by atoms with Crippen molar-refractivity contribution in [3.8, 4) is 0 Å². The number of rotatable bonds is 2. The van der Waals surface area contributed by atoms with Crippen LogP contribution in [-0.2, 0) is 10.0 Å². The summed E-state index contributed by atoms with van der Waals surface area (Å²) in [6.07, 6.45) is 0.965. The van der Waals surface area contributed by atoms with Crippen LogP contribution < -0.4 is 0 Å². The Morgan fingerprint density at radius 3 is 2.33 bits per heavy atom. The number of fused-ring (bicyclic) bond motifs is 2. The highest BCUT2D eigenvalue weighted by molar-refractivity contribution is 9.10. The van der Waals surface area contributed by atoms with Gasteiger partial charge in [-0.15, -0.1) is 0 Å². The lowest BCUT2D eigenvalue weighted by molar-refractivity contribution is 0.216. The minimum absolute atomic E-state index is 0.147. The van der Waals surface area contributed by atoms with Gasteiger partial charge in [0.1, 0.15) is 0 Å². The highest BCUT2D eigenvalue weighted by Gasteiger charge is 2.46. The quantitative estimate of drug-likeness (QED) is 0.825. The maximum Gasteiger partial charge on any atom is 0.243 e. The van der Waals surface area contributed by atoms with Crippen LogP contribution in [0.2, 0.25) is 0 Å². The molecule has 6 heteroatoms. The van der Waals surface area contributed by atoms with Gasteiger partial charge in [0.05, 0.1) is 4.90 Å². The molecule has 2 aliphatic rings. The summed E-state index contributed by atoms with van der Waals surface area (Å²) in [5.41, 5.74) is 0. The molecule has 0 unspecified atom stereocenters. The van der Waals surface area contributed by atoms with Gasteiger partial charge in [-0.3, -0.25) is 0 Å². The lowest BCUT2D eigenvalue weighted by Crippen LogP contribution is -2.47. The van der Waals surface area contributed by atoms with Crippen molar-refractivity contribution in [2.45, 2.75) is 23.4 Å². The smallest absolute Gasteiger partial charge is 0.243 e. The van der Waals surface area contributed by atoms with Gasteiger partial charge in [0.2, 0.25) is 10.0 Å². The fourth-order valence-corrected chi connectivity index (χ4v) is 4.79. The molecular formula is C12H15BrN2O2S. The molecule has 0 spiro atoms. The lowest BCUT2D eigenvalue weighted by atomic mass is 10.2. The lowest BCUT2D eigenvalue weighted by Gasteiger charge is -2.31. The highest BCUT2D eigenvalue weighted by atomic mass is 79.9. The van der Waals surface area contributed by atoms with Crippen LogP contribution >= 0.6 is 15.9 Å². The van der Waals surface area contributed by atoms with E-state index in [9.17, 15) is 8.42 Å². The van der Waals surface area contributed by atoms with Crippen molar-refractivity contribution in [3.05, 3.63) is 28.7 Å². The maximum atomic E-state index is 12.5. The SMILES string of the molecule is CN1C[C@@H]2C[C@H]1CN2S(=O)(=O)c1ccc(Br)cc1. The maximum absolute atomic E-state index is 12.5. The van der Waals surface area contributed by atoms with Gasteiger partial charge in [-0.25, -0.2) is 8.42 Å². The van der Waals surface area contributed by atoms with E-state index in [-0.39, 0.29) is 6.04 Å². The van der Waals surface area contributed by atoms with Crippen molar-refractivity contribution >= 4 is 26.0 Å². The van der Waals surface area contributed by atoms with Crippen LogP contribution in [0.5, 0.6) is 0 Å². The van der Waals surface area contributed by atoms with E-state index in [0.717, 1.165) is 17.4 Å². The van der Waals surface area contributed by atoms with E-state index < -0.39 is 10.0 Å². The van der Waals surface area contributed by atoms with Crippen LogP contribution in [0.1, 0.15) is 6.42 Å². The van der Waals surface area contributed by atoms with Crippen molar-refractivity contribution in [1.82, 2.24) is 9.21 Å². The zero-order valence-corrected chi connectivity index (χ0v) is 12.5. The molecule has 2 atom stereocenters. The van der Waals surface area contributed by atoms with Gasteiger partial charge >= 0.3 is 0 Å². The van der Waals surface area contributed by atoms with Crippen LogP contribution in [-0.4, -0.2) is 49.8 Å². The van der Waals surface area contributed by atoms with E-state index in [2.05, 4.69) is 27.9 Å². The average Bonchev–Trinajstić information content (AvgIpc) is 2.88. The third kappa shape index (κ3) is 1.91. The number of benzene rings is 1. The molecule has 0 N–H and O–H groups in total. The van der Waals surface area contributed by atoms with Crippen molar-refractivity contribution in [2.24, 2.45) is 0 Å². The van der Waals surface area contributed by atoms with Crippen molar-refractivity contribution in [2.75, 3.05) is 20.1 Å². The Morgan fingerprint density at radius 1 is 1.17 bits per heavy atom. The first kappa shape index (κ1) is 12.6. The first-order chi connectivity index (χ1) is 8.48. The minimum atomic E-state index is -3.32. The fraction of sp³-hybridized carbons (Fsp3) is 0.500. The number of halogens is 1. The molecule has 0 amide bonds. The van der Waals surface area contributed by atoms with Gasteiger partial charge in [0, 0.05) is 29.6 Å². The molecule has 2 fully saturated rings. The van der Waals surface area contributed by atoms with E-state index in [0.29, 0.717) is 17.5 Å². The number of hydrogen-bond acceptors (Lipinski definition) is 3. The van der Waals surface area contributed by atoms with Crippen LogP contribution in [0.25, 0.3) is 0 Å². The van der Waals surface area contributed by atoms with Crippen LogP contribution in [0, 0.1) is 0 Å². The zero-order valence-electron chi connectivity index (χ0n) is 10.1. The molecule has 0 saturated carbocycles. The molecule has 4 nitrogen and oxygen atoms in total. The molecule has 18 heavy (non-hydrogen) atoms. The molecule has 0 aromatic heterocycles. The second-order valence-electron chi connectivity index (χ2n) is 5.01. The Morgan fingerprint density at radius 2 is 1.83 bits per heavy atom. The van der Waals surface area contributed by atoms with E-state index in [1.165, 1.54) is 0 Å². The Balaban J connectivity index is 1.90. The predicted molar refractivity (Wildman–Crippen MR) is 72.9 cm³/mol. The number of nitrogens with zero attached hydrogens (tertiary/aromatic N) is 2. The van der Waals surface area contributed by atoms with E-state index in [4.69, 9.17) is 0 Å². The number of likely N-dealkylation sites (tertiary alicyclic amines) is 1.